The molecule has 0 radical (unpaired) electrons. The second kappa shape index (κ2) is 10.2. The van der Waals surface area contributed by atoms with E-state index < -0.39 is 6.04 Å². The molecule has 0 fully saturated rings. The van der Waals surface area contributed by atoms with Gasteiger partial charge in [-0.15, -0.1) is 0 Å². The summed E-state index contributed by atoms with van der Waals surface area (Å²) in [7, 11) is 0. The first-order valence-electron chi connectivity index (χ1n) is 11.4. The molecule has 4 aromatic rings. The summed E-state index contributed by atoms with van der Waals surface area (Å²) in [6.45, 7) is 1.62. The maximum atomic E-state index is 13.8. The number of carbonyl (C=O) groups excluding carboxylic acids is 1. The van der Waals surface area contributed by atoms with E-state index >= 15 is 0 Å². The standard InChI is InChI=1S/C29H26N2O3/c32-29(30-25-16-17-26-27(18-25)34-21-33-26)28(24-14-8-3-9-15-24)31(19-22-10-4-1-5-11-22)20-23-12-6-2-7-13-23/h1-18,28H,19-21H2,(H,30,32)/p+1. The average Bonchev–Trinajstić information content (AvgIpc) is 3.34. The highest BCUT2D eigenvalue weighted by molar-refractivity contribution is 5.95. The lowest BCUT2D eigenvalue weighted by molar-refractivity contribution is -0.948. The molecule has 4 aromatic carbocycles. The van der Waals surface area contributed by atoms with Gasteiger partial charge in [-0.2, -0.15) is 0 Å². The number of benzene rings is 4. The fourth-order valence-corrected chi connectivity index (χ4v) is 4.39. The van der Waals surface area contributed by atoms with Crippen molar-refractivity contribution in [1.29, 1.82) is 0 Å². The Morgan fingerprint density at radius 1 is 0.735 bits per heavy atom. The molecular formula is C29H27N2O3+. The Bertz CT molecular complexity index is 1190. The molecule has 5 heteroatoms. The molecule has 0 spiro atoms. The number of carbonyl (C=O) groups is 1. The number of ether oxygens (including phenoxy) is 2. The minimum atomic E-state index is -0.410. The fraction of sp³-hybridized carbons (Fsp3) is 0.138. The molecule has 1 amide bonds. The minimum absolute atomic E-state index is 0.0630. The number of nitrogens with one attached hydrogen (secondary N) is 2. The molecule has 5 nitrogen and oxygen atoms in total. The van der Waals surface area contributed by atoms with Crippen LogP contribution in [0.4, 0.5) is 5.69 Å². The molecule has 0 aromatic heterocycles. The molecule has 0 saturated carbocycles. The Kier molecular flexibility index (Phi) is 6.54. The normalized spacial score (nSPS) is 13.0. The summed E-state index contributed by atoms with van der Waals surface area (Å²) in [4.78, 5) is 15.0. The van der Waals surface area contributed by atoms with Crippen LogP contribution in [0.3, 0.4) is 0 Å². The highest BCUT2D eigenvalue weighted by Gasteiger charge is 2.32. The largest absolute Gasteiger partial charge is 0.454 e. The first kappa shape index (κ1) is 21.7. The molecule has 5 rings (SSSR count). The van der Waals surface area contributed by atoms with Gasteiger partial charge in [0.1, 0.15) is 13.1 Å². The number of rotatable bonds is 8. The van der Waals surface area contributed by atoms with Crippen LogP contribution in [-0.4, -0.2) is 12.7 Å². The number of amides is 1. The van der Waals surface area contributed by atoms with Crippen molar-refractivity contribution >= 4 is 11.6 Å². The van der Waals surface area contributed by atoms with Crippen molar-refractivity contribution < 1.29 is 19.2 Å². The quantitative estimate of drug-likeness (QED) is 0.418. The first-order valence-corrected chi connectivity index (χ1v) is 11.4. The zero-order valence-electron chi connectivity index (χ0n) is 18.8. The van der Waals surface area contributed by atoms with Crippen LogP contribution in [0, 0.1) is 0 Å². The summed E-state index contributed by atoms with van der Waals surface area (Å²) < 4.78 is 10.9. The number of quaternary nitrogens is 1. The van der Waals surface area contributed by atoms with Crippen LogP contribution < -0.4 is 19.7 Å². The summed E-state index contributed by atoms with van der Waals surface area (Å²) in [5.74, 6) is 1.27. The molecule has 34 heavy (non-hydrogen) atoms. The van der Waals surface area contributed by atoms with Crippen LogP contribution in [0.5, 0.6) is 11.5 Å². The van der Waals surface area contributed by atoms with Crippen LogP contribution in [0.25, 0.3) is 0 Å². The third-order valence-electron chi connectivity index (χ3n) is 5.99. The Labute approximate surface area is 199 Å². The van der Waals surface area contributed by atoms with Crippen LogP contribution >= 0.6 is 0 Å². The molecule has 0 saturated heterocycles. The highest BCUT2D eigenvalue weighted by atomic mass is 16.7. The lowest BCUT2D eigenvalue weighted by Gasteiger charge is -2.28. The second-order valence-electron chi connectivity index (χ2n) is 8.38. The van der Waals surface area contributed by atoms with Gasteiger partial charge in [-0.25, -0.2) is 0 Å². The van der Waals surface area contributed by atoms with Gasteiger partial charge in [-0.05, 0) is 12.1 Å². The number of fused-ring (bicyclic) bond motifs is 1. The van der Waals surface area contributed by atoms with Gasteiger partial charge in [-0.1, -0.05) is 91.0 Å². The monoisotopic (exact) mass is 451 g/mol. The van der Waals surface area contributed by atoms with E-state index in [0.717, 1.165) is 10.5 Å². The Hall–Kier alpha value is -4.09. The van der Waals surface area contributed by atoms with Gasteiger partial charge >= 0.3 is 0 Å². The van der Waals surface area contributed by atoms with E-state index in [9.17, 15) is 4.79 Å². The van der Waals surface area contributed by atoms with Crippen molar-refractivity contribution in [3.05, 3.63) is 126 Å². The molecule has 2 N–H and O–H groups in total. The van der Waals surface area contributed by atoms with Gasteiger partial charge in [0.15, 0.2) is 17.5 Å². The summed E-state index contributed by atoms with van der Waals surface area (Å²) in [6, 6.07) is 35.7. The SMILES string of the molecule is O=C(Nc1ccc2c(c1)OCO2)C(c1ccccc1)[NH+](Cc1ccccc1)Cc1ccccc1. The Morgan fingerprint density at radius 2 is 1.29 bits per heavy atom. The third kappa shape index (κ3) is 5.11. The number of anilines is 1. The smallest absolute Gasteiger partial charge is 0.287 e. The highest BCUT2D eigenvalue weighted by Crippen LogP contribution is 2.34. The second-order valence-corrected chi connectivity index (χ2v) is 8.38. The van der Waals surface area contributed by atoms with E-state index in [4.69, 9.17) is 9.47 Å². The van der Waals surface area contributed by atoms with E-state index in [0.29, 0.717) is 30.3 Å². The molecule has 1 aliphatic rings. The maximum Gasteiger partial charge on any atom is 0.287 e. The molecule has 1 aliphatic heterocycles. The van der Waals surface area contributed by atoms with E-state index in [1.807, 2.05) is 84.9 Å². The Morgan fingerprint density at radius 3 is 1.91 bits per heavy atom. The molecule has 0 aliphatic carbocycles. The van der Waals surface area contributed by atoms with Gasteiger partial charge in [0.05, 0.1) is 0 Å². The predicted octanol–water partition coefficient (Wildman–Crippen LogP) is 4.38. The van der Waals surface area contributed by atoms with Gasteiger partial charge < -0.3 is 19.7 Å². The van der Waals surface area contributed by atoms with E-state index in [-0.39, 0.29) is 12.7 Å². The summed E-state index contributed by atoms with van der Waals surface area (Å²) in [5, 5.41) is 3.13. The fourth-order valence-electron chi connectivity index (χ4n) is 4.39. The van der Waals surface area contributed by atoms with Crippen molar-refractivity contribution in [1.82, 2.24) is 0 Å². The number of hydrogen-bond donors (Lipinski definition) is 2. The molecule has 0 bridgehead atoms. The van der Waals surface area contributed by atoms with Crippen molar-refractivity contribution in [2.45, 2.75) is 19.1 Å². The van der Waals surface area contributed by atoms with Crippen LogP contribution in [0.1, 0.15) is 22.7 Å². The first-order chi connectivity index (χ1) is 16.8. The molecule has 1 unspecified atom stereocenters. The van der Waals surface area contributed by atoms with Gasteiger partial charge in [0.2, 0.25) is 6.79 Å². The van der Waals surface area contributed by atoms with Gasteiger partial charge in [0, 0.05) is 28.4 Å². The van der Waals surface area contributed by atoms with Crippen LogP contribution in [0.15, 0.2) is 109 Å². The predicted molar refractivity (Wildman–Crippen MR) is 132 cm³/mol. The van der Waals surface area contributed by atoms with E-state index in [2.05, 4.69) is 29.6 Å². The van der Waals surface area contributed by atoms with Crippen molar-refractivity contribution in [2.24, 2.45) is 0 Å². The molecule has 170 valence electrons. The third-order valence-corrected chi connectivity index (χ3v) is 5.99. The van der Waals surface area contributed by atoms with Crippen molar-refractivity contribution in [3.63, 3.8) is 0 Å². The van der Waals surface area contributed by atoms with Gasteiger partial charge in [-0.3, -0.25) is 4.79 Å². The lowest BCUT2D eigenvalue weighted by Crippen LogP contribution is -3.10. The van der Waals surface area contributed by atoms with Gasteiger partial charge in [0.25, 0.3) is 5.91 Å². The van der Waals surface area contributed by atoms with Crippen LogP contribution in [-0.2, 0) is 17.9 Å². The van der Waals surface area contributed by atoms with E-state index in [1.54, 1.807) is 0 Å². The topological polar surface area (TPSA) is 52.0 Å². The van der Waals surface area contributed by atoms with Crippen LogP contribution in [0.2, 0.25) is 0 Å². The summed E-state index contributed by atoms with van der Waals surface area (Å²) in [6.07, 6.45) is 0. The maximum absolute atomic E-state index is 13.8. The lowest BCUT2D eigenvalue weighted by atomic mass is 10.0. The van der Waals surface area contributed by atoms with E-state index in [1.165, 1.54) is 11.1 Å². The Balaban J connectivity index is 1.48. The summed E-state index contributed by atoms with van der Waals surface area (Å²) >= 11 is 0. The van der Waals surface area contributed by atoms with Crippen molar-refractivity contribution in [3.8, 4) is 11.5 Å². The average molecular weight is 452 g/mol. The zero-order valence-corrected chi connectivity index (χ0v) is 18.8. The number of hydrogen-bond acceptors (Lipinski definition) is 3. The summed E-state index contributed by atoms with van der Waals surface area (Å²) in [5.41, 5.74) is 4.03. The zero-order chi connectivity index (χ0) is 23.2. The minimum Gasteiger partial charge on any atom is -0.454 e. The molecular weight excluding hydrogens is 424 g/mol. The molecule has 1 atom stereocenters. The van der Waals surface area contributed by atoms with Crippen molar-refractivity contribution in [2.75, 3.05) is 12.1 Å². The molecule has 1 heterocycles.